The molecule has 0 aromatic carbocycles. The van der Waals surface area contributed by atoms with E-state index in [1.807, 2.05) is 0 Å². The fourth-order valence-electron chi connectivity index (χ4n) is 0.210. The third-order valence-electron chi connectivity index (χ3n) is 0.491. The Morgan fingerprint density at radius 1 is 1.62 bits per heavy atom. The first-order valence-electron chi connectivity index (χ1n) is 2.28. The summed E-state index contributed by atoms with van der Waals surface area (Å²) in [4.78, 5) is 0. The molecule has 0 bridgehead atoms. The average Bonchev–Trinajstić information content (AvgIpc) is 1.81. The van der Waals surface area contributed by atoms with Crippen LogP contribution in [0.3, 0.4) is 0 Å². The molecule has 0 radical (unpaired) electrons. The Labute approximate surface area is 54.0 Å². The van der Waals surface area contributed by atoms with Crippen LogP contribution in [0.2, 0.25) is 0 Å². The van der Waals surface area contributed by atoms with Crippen LogP contribution in [0, 0.1) is 0 Å². The molecule has 0 aromatic rings. The van der Waals surface area contributed by atoms with Crippen molar-refractivity contribution in [3.8, 4) is 0 Å². The summed E-state index contributed by atoms with van der Waals surface area (Å²) in [7, 11) is 0. The monoisotopic (exact) mass is 136 g/mol. The summed E-state index contributed by atoms with van der Waals surface area (Å²) in [5.74, 6) is 0.500. The summed E-state index contributed by atoms with van der Waals surface area (Å²) >= 11 is 5.27. The average molecular weight is 137 g/mol. The second-order valence-corrected chi connectivity index (χ2v) is 1.43. The summed E-state index contributed by atoms with van der Waals surface area (Å²) in [6.45, 7) is 4.09. The molecule has 0 N–H and O–H groups in total. The van der Waals surface area contributed by atoms with Crippen molar-refractivity contribution < 1.29 is 9.47 Å². The second kappa shape index (κ2) is 6.79. The highest BCUT2D eigenvalue weighted by Gasteiger charge is 1.79. The van der Waals surface area contributed by atoms with Gasteiger partial charge in [-0.25, -0.2) is 0 Å². The minimum absolute atomic E-state index is 0.246. The molecule has 0 atom stereocenters. The SMILES string of the molecule is C=COCOCCCl. The van der Waals surface area contributed by atoms with Gasteiger partial charge in [0.1, 0.15) is 0 Å². The number of hydrogen-bond acceptors (Lipinski definition) is 2. The molecule has 3 heteroatoms. The first kappa shape index (κ1) is 7.79. The van der Waals surface area contributed by atoms with E-state index in [-0.39, 0.29) is 6.79 Å². The predicted octanol–water partition coefficient (Wildman–Crippen LogP) is 1.36. The van der Waals surface area contributed by atoms with Gasteiger partial charge in [-0.1, -0.05) is 6.58 Å². The third-order valence-corrected chi connectivity index (χ3v) is 0.645. The van der Waals surface area contributed by atoms with Crippen molar-refractivity contribution in [2.75, 3.05) is 19.3 Å². The lowest BCUT2D eigenvalue weighted by Gasteiger charge is -1.98. The predicted molar refractivity (Wildman–Crippen MR) is 32.8 cm³/mol. The highest BCUT2D eigenvalue weighted by atomic mass is 35.5. The Morgan fingerprint density at radius 2 is 2.38 bits per heavy atom. The molecule has 2 nitrogen and oxygen atoms in total. The van der Waals surface area contributed by atoms with Gasteiger partial charge in [0.15, 0.2) is 6.79 Å². The van der Waals surface area contributed by atoms with E-state index in [4.69, 9.17) is 16.3 Å². The minimum atomic E-state index is 0.246. The van der Waals surface area contributed by atoms with Crippen molar-refractivity contribution in [2.24, 2.45) is 0 Å². The molecule has 0 fully saturated rings. The topological polar surface area (TPSA) is 18.5 Å². The van der Waals surface area contributed by atoms with Crippen molar-refractivity contribution in [3.63, 3.8) is 0 Å². The quantitative estimate of drug-likeness (QED) is 0.246. The smallest absolute Gasteiger partial charge is 0.188 e. The Hall–Kier alpha value is -0.210. The molecule has 0 saturated heterocycles. The van der Waals surface area contributed by atoms with Crippen LogP contribution in [0.4, 0.5) is 0 Å². The first-order chi connectivity index (χ1) is 3.91. The zero-order valence-electron chi connectivity index (χ0n) is 4.60. The number of alkyl halides is 1. The zero-order valence-corrected chi connectivity index (χ0v) is 5.36. The Balaban J connectivity index is 2.62. The Bertz CT molecular complexity index is 56.4. The second-order valence-electron chi connectivity index (χ2n) is 1.05. The summed E-state index contributed by atoms with van der Waals surface area (Å²) in [5, 5.41) is 0. The van der Waals surface area contributed by atoms with E-state index in [1.54, 1.807) is 0 Å². The maximum atomic E-state index is 5.27. The van der Waals surface area contributed by atoms with E-state index in [2.05, 4.69) is 11.3 Å². The van der Waals surface area contributed by atoms with Crippen molar-refractivity contribution in [1.82, 2.24) is 0 Å². The van der Waals surface area contributed by atoms with Gasteiger partial charge in [-0.3, -0.25) is 0 Å². The van der Waals surface area contributed by atoms with Crippen LogP contribution in [0.15, 0.2) is 12.8 Å². The van der Waals surface area contributed by atoms with Gasteiger partial charge in [0.25, 0.3) is 0 Å². The fourth-order valence-corrected chi connectivity index (χ4v) is 0.319. The van der Waals surface area contributed by atoms with Crippen LogP contribution >= 0.6 is 11.6 Å². The van der Waals surface area contributed by atoms with Gasteiger partial charge < -0.3 is 9.47 Å². The third kappa shape index (κ3) is 5.79. The fraction of sp³-hybridized carbons (Fsp3) is 0.600. The highest BCUT2D eigenvalue weighted by molar-refractivity contribution is 6.17. The van der Waals surface area contributed by atoms with E-state index >= 15 is 0 Å². The molecule has 0 aliphatic heterocycles. The summed E-state index contributed by atoms with van der Waals surface area (Å²) < 4.78 is 9.42. The van der Waals surface area contributed by atoms with Crippen molar-refractivity contribution in [2.45, 2.75) is 0 Å². The Morgan fingerprint density at radius 3 is 2.88 bits per heavy atom. The van der Waals surface area contributed by atoms with Gasteiger partial charge in [-0.05, 0) is 0 Å². The molecule has 0 unspecified atom stereocenters. The van der Waals surface area contributed by atoms with E-state index < -0.39 is 0 Å². The Kier molecular flexibility index (Phi) is 6.61. The lowest BCUT2D eigenvalue weighted by molar-refractivity contribution is -0.00384. The number of rotatable bonds is 5. The van der Waals surface area contributed by atoms with Gasteiger partial charge in [0, 0.05) is 5.88 Å². The first-order valence-corrected chi connectivity index (χ1v) is 2.81. The van der Waals surface area contributed by atoms with Gasteiger partial charge in [-0.2, -0.15) is 0 Å². The molecular formula is C5H9ClO2. The van der Waals surface area contributed by atoms with Crippen molar-refractivity contribution in [3.05, 3.63) is 12.8 Å². The molecule has 0 aromatic heterocycles. The molecule has 0 aliphatic carbocycles. The lowest BCUT2D eigenvalue weighted by Crippen LogP contribution is -1.97. The zero-order chi connectivity index (χ0) is 6.24. The number of ether oxygens (including phenoxy) is 2. The summed E-state index contributed by atoms with van der Waals surface area (Å²) in [5.41, 5.74) is 0. The van der Waals surface area contributed by atoms with Crippen LogP contribution in [0.5, 0.6) is 0 Å². The van der Waals surface area contributed by atoms with E-state index in [9.17, 15) is 0 Å². The molecule has 0 rings (SSSR count). The maximum absolute atomic E-state index is 5.27. The normalized spacial score (nSPS) is 8.62. The molecular weight excluding hydrogens is 128 g/mol. The van der Waals surface area contributed by atoms with E-state index in [0.717, 1.165) is 0 Å². The van der Waals surface area contributed by atoms with Crippen molar-refractivity contribution >= 4 is 11.6 Å². The van der Waals surface area contributed by atoms with Crippen LogP contribution in [-0.4, -0.2) is 19.3 Å². The van der Waals surface area contributed by atoms with E-state index in [1.165, 1.54) is 6.26 Å². The number of halogens is 1. The van der Waals surface area contributed by atoms with Crippen LogP contribution in [0.1, 0.15) is 0 Å². The lowest BCUT2D eigenvalue weighted by atomic mass is 10.9. The molecule has 0 amide bonds. The standard InChI is InChI=1S/C5H9ClO2/c1-2-7-5-8-4-3-6/h2H,1,3-5H2. The van der Waals surface area contributed by atoms with Crippen molar-refractivity contribution in [1.29, 1.82) is 0 Å². The van der Waals surface area contributed by atoms with Gasteiger partial charge >= 0.3 is 0 Å². The molecule has 48 valence electrons. The van der Waals surface area contributed by atoms with Gasteiger partial charge in [-0.15, -0.1) is 11.6 Å². The molecule has 0 aliphatic rings. The van der Waals surface area contributed by atoms with Gasteiger partial charge in [0.05, 0.1) is 12.9 Å². The number of hydrogen-bond donors (Lipinski definition) is 0. The van der Waals surface area contributed by atoms with Crippen LogP contribution < -0.4 is 0 Å². The maximum Gasteiger partial charge on any atom is 0.188 e. The summed E-state index contributed by atoms with van der Waals surface area (Å²) in [6, 6.07) is 0. The van der Waals surface area contributed by atoms with Crippen LogP contribution in [0.25, 0.3) is 0 Å². The van der Waals surface area contributed by atoms with Gasteiger partial charge in [0.2, 0.25) is 0 Å². The molecule has 0 spiro atoms. The highest BCUT2D eigenvalue weighted by Crippen LogP contribution is 1.79. The summed E-state index contributed by atoms with van der Waals surface area (Å²) in [6.07, 6.45) is 1.33. The largest absolute Gasteiger partial charge is 0.476 e. The molecule has 8 heavy (non-hydrogen) atoms. The van der Waals surface area contributed by atoms with Crippen LogP contribution in [-0.2, 0) is 9.47 Å². The molecule has 0 saturated carbocycles. The van der Waals surface area contributed by atoms with E-state index in [0.29, 0.717) is 12.5 Å². The minimum Gasteiger partial charge on any atom is -0.476 e. The molecule has 0 heterocycles.